The predicted octanol–water partition coefficient (Wildman–Crippen LogP) is -8.44. The van der Waals surface area contributed by atoms with Gasteiger partial charge in [-0.15, -0.1) is 11.3 Å². The molecule has 0 unspecified atom stereocenters. The second-order valence-electron chi connectivity index (χ2n) is 17.0. The van der Waals surface area contributed by atoms with E-state index in [4.69, 9.17) is 34.0 Å². The minimum atomic E-state index is -3.27. The van der Waals surface area contributed by atoms with Crippen molar-refractivity contribution in [3.8, 4) is 0 Å². The number of rotatable bonds is 20. The number of aryl methyl sites for hydroxylation is 1. The van der Waals surface area contributed by atoms with E-state index >= 15 is 0 Å². The number of benzene rings is 1. The second-order valence-corrected chi connectivity index (χ2v) is 18.0. The van der Waals surface area contributed by atoms with Crippen molar-refractivity contribution in [3.63, 3.8) is 0 Å². The van der Waals surface area contributed by atoms with Crippen LogP contribution in [-0.2, 0) is 49.2 Å². The van der Waals surface area contributed by atoms with Crippen LogP contribution < -0.4 is 56.2 Å². The molecule has 16 atom stereocenters. The number of hydrogen-bond acceptors (Lipinski definition) is 23. The molecule has 6 rings (SSSR count). The molecular formula is C42H55N8NaO20S. The summed E-state index contributed by atoms with van der Waals surface area (Å²) >= 11 is 0.887. The molecule has 1 aromatic carbocycles. The van der Waals surface area contributed by atoms with Gasteiger partial charge in [0.05, 0.1) is 48.3 Å². The molecule has 3 aliphatic heterocycles. The van der Waals surface area contributed by atoms with Gasteiger partial charge in [0.1, 0.15) is 77.6 Å². The van der Waals surface area contributed by atoms with Crippen molar-refractivity contribution in [2.24, 2.45) is 5.11 Å². The number of aliphatic carboxylic acids is 1. The number of carboxylic acids is 1. The molecule has 0 bridgehead atoms. The first-order valence-electron chi connectivity index (χ1n) is 22.1. The number of aromatic nitrogens is 2. The van der Waals surface area contributed by atoms with E-state index in [-0.39, 0.29) is 63.4 Å². The molecular weight excluding hydrogens is 992 g/mol. The standard InChI is InChI=1S/C42H56N8O20S.Na/c1-16-25-36(61)48-24(11-19-7-5-4-6-8-19)49-38(25)71-35(16)37(62)44-13-21(56)28(57)33-26(46-17(2)53)20(55)12-42(69-33,41(63)64)70-34-29(58)22(14-51)66-40(31(34)60)68-32-23(15-52)67-39(65-10-9-45-50-43)27(30(32)59)47-18(3)54;/h4-8,20-23,26-34,39-40,51-52,55-60H,9-15H2,1-3H3,(H,44,62)(H,46,53)(H,47,54)(H,63,64)(H,48,49,61);/q;+1/p-1/t20-,21+,22+,23+,26+,27+,28+,29-,30+,31+,32+,33+,34-,39+,40-,42-;/m0./s1. The summed E-state index contributed by atoms with van der Waals surface area (Å²) in [6.45, 7) is 0.451. The van der Waals surface area contributed by atoms with Crippen molar-refractivity contribution in [1.29, 1.82) is 0 Å². The number of thiophene rings is 1. The van der Waals surface area contributed by atoms with Gasteiger partial charge in [-0.3, -0.25) is 19.2 Å². The maximum absolute atomic E-state index is 13.5. The zero-order valence-corrected chi connectivity index (χ0v) is 42.0. The number of hydrogen-bond donors (Lipinski definition) is 12. The molecule has 5 heterocycles. The molecule has 0 aliphatic carbocycles. The number of nitrogens with zero attached hydrogens (tertiary/aromatic N) is 4. The maximum Gasteiger partial charge on any atom is 1.00 e. The summed E-state index contributed by atoms with van der Waals surface area (Å²) in [5.74, 6) is -7.54. The van der Waals surface area contributed by atoms with Crippen molar-refractivity contribution < 1.29 is 123 Å². The predicted molar refractivity (Wildman–Crippen MR) is 236 cm³/mol. The van der Waals surface area contributed by atoms with Crippen LogP contribution in [0.2, 0.25) is 0 Å². The molecule has 2 aromatic heterocycles. The normalized spacial score (nSPS) is 31.3. The Balaban J connectivity index is 0.00000963. The molecule has 390 valence electrons. The first kappa shape index (κ1) is 58.6. The number of aliphatic hydroxyl groups is 8. The van der Waals surface area contributed by atoms with Crippen LogP contribution in [0, 0.1) is 6.92 Å². The topological polar surface area (TPSA) is 439 Å². The summed E-state index contributed by atoms with van der Waals surface area (Å²) in [7, 11) is 0. The van der Waals surface area contributed by atoms with Crippen molar-refractivity contribution in [3.05, 3.63) is 73.0 Å². The number of ether oxygens (including phenoxy) is 6. The summed E-state index contributed by atoms with van der Waals surface area (Å²) in [5.41, 5.74) is 9.22. The Morgan fingerprint density at radius 3 is 2.26 bits per heavy atom. The molecule has 28 nitrogen and oxygen atoms in total. The summed E-state index contributed by atoms with van der Waals surface area (Å²) in [6.07, 6.45) is -26.5. The van der Waals surface area contributed by atoms with Gasteiger partial charge >= 0.3 is 29.6 Å². The van der Waals surface area contributed by atoms with E-state index in [0.717, 1.165) is 30.7 Å². The molecule has 0 saturated carbocycles. The summed E-state index contributed by atoms with van der Waals surface area (Å²) in [4.78, 5) is 74.3. The monoisotopic (exact) mass is 1050 g/mol. The maximum atomic E-state index is 13.5. The van der Waals surface area contributed by atoms with Crippen LogP contribution in [0.25, 0.3) is 20.7 Å². The van der Waals surface area contributed by atoms with Gasteiger partial charge in [-0.1, -0.05) is 35.4 Å². The Bertz CT molecular complexity index is 2470. The van der Waals surface area contributed by atoms with E-state index in [1.165, 1.54) is 6.92 Å². The Labute approximate surface area is 434 Å². The number of fused-ring (bicyclic) bond motifs is 1. The van der Waals surface area contributed by atoms with Gasteiger partial charge in [0.2, 0.25) is 17.6 Å². The zero-order chi connectivity index (χ0) is 51.9. The van der Waals surface area contributed by atoms with Crippen molar-refractivity contribution in [2.45, 2.75) is 131 Å². The number of H-pyrrole nitrogens is 1. The van der Waals surface area contributed by atoms with Crippen LogP contribution in [0.4, 0.5) is 0 Å². The molecule has 3 saturated heterocycles. The third-order valence-corrected chi connectivity index (χ3v) is 13.1. The third kappa shape index (κ3) is 13.3. The van der Waals surface area contributed by atoms with Crippen LogP contribution in [0.15, 0.2) is 40.2 Å². The fourth-order valence-electron chi connectivity index (χ4n) is 8.51. The van der Waals surface area contributed by atoms with Crippen molar-refractivity contribution in [1.82, 2.24) is 25.9 Å². The van der Waals surface area contributed by atoms with Crippen molar-refractivity contribution >= 4 is 45.2 Å². The summed E-state index contributed by atoms with van der Waals surface area (Å²) in [5, 5.41) is 113. The molecule has 12 N–H and O–H groups in total. The molecule has 3 aliphatic rings. The number of amides is 3. The van der Waals surface area contributed by atoms with Crippen LogP contribution in [-0.4, -0.2) is 205 Å². The molecule has 3 aromatic rings. The van der Waals surface area contributed by atoms with E-state index < -0.39 is 153 Å². The third-order valence-electron chi connectivity index (χ3n) is 11.9. The number of carbonyl (C=O) groups is 4. The van der Waals surface area contributed by atoms with E-state index in [9.17, 15) is 69.9 Å². The van der Waals surface area contributed by atoms with Crippen molar-refractivity contribution in [2.75, 3.05) is 32.9 Å². The number of aliphatic hydroxyl groups excluding tert-OH is 8. The fraction of sp³-hybridized carbons (Fsp3) is 0.619. The van der Waals surface area contributed by atoms with Gasteiger partial charge in [0, 0.05) is 44.7 Å². The van der Waals surface area contributed by atoms with Gasteiger partial charge in [-0.2, -0.15) is 0 Å². The average molecular weight is 1050 g/mol. The quantitative estimate of drug-likeness (QED) is 0.0164. The minimum absolute atomic E-state index is 0. The van der Waals surface area contributed by atoms with E-state index in [2.05, 4.69) is 35.9 Å². The molecule has 0 spiro atoms. The molecule has 30 heteroatoms. The minimum Gasteiger partial charge on any atom is -0.544 e. The molecule has 3 fully saturated rings. The second kappa shape index (κ2) is 25.8. The number of nitrogens with one attached hydrogen (secondary N) is 4. The number of carboxylic acid groups (broad SMARTS) is 1. The number of carbonyl (C=O) groups excluding carboxylic acids is 4. The van der Waals surface area contributed by atoms with Gasteiger partial charge < -0.3 is 100 Å². The largest absolute Gasteiger partial charge is 1.00 e. The average Bonchev–Trinajstić information content (AvgIpc) is 3.67. The molecule has 3 amide bonds. The molecule has 72 heavy (non-hydrogen) atoms. The summed E-state index contributed by atoms with van der Waals surface area (Å²) in [6, 6.07) is 6.04. The van der Waals surface area contributed by atoms with E-state index in [0.29, 0.717) is 12.2 Å². The first-order valence-corrected chi connectivity index (χ1v) is 22.9. The van der Waals surface area contributed by atoms with Gasteiger partial charge in [-0.05, 0) is 23.6 Å². The number of azide groups is 1. The Kier molecular flexibility index (Phi) is 21.0. The van der Waals surface area contributed by atoms with E-state index in [1.807, 2.05) is 30.3 Å². The van der Waals surface area contributed by atoms with Crippen LogP contribution in [0.3, 0.4) is 0 Å². The number of aromatic amines is 1. The zero-order valence-electron chi connectivity index (χ0n) is 39.2. The summed E-state index contributed by atoms with van der Waals surface area (Å²) < 4.78 is 34.2. The fourth-order valence-corrected chi connectivity index (χ4v) is 9.62. The SMILES string of the molecule is CC(=O)N[C@H]1[C@H](OCCN=[N+]=[N-])O[C@H](CO)[C@@H](O[C@@H]2O[C@H](CO)[C@H](O)[C@H](O[C@]3(C(=O)[O-])C[C@H](O)[C@@H](NC(C)=O)[C@H]([C@H](O)[C@H](O)CNC(=O)c4sc5nc(Cc6ccccc6)[nH]c(=O)c5c4C)O3)[C@H]2O)[C@@H]1O.[Na+]. The van der Waals surface area contributed by atoms with E-state index in [1.54, 1.807) is 0 Å². The smallest absolute Gasteiger partial charge is 0.544 e. The van der Waals surface area contributed by atoms with Crippen LogP contribution in [0.5, 0.6) is 0 Å². The Hall–Kier alpha value is -4.31. The van der Waals surface area contributed by atoms with Crippen LogP contribution in [0.1, 0.15) is 46.9 Å². The van der Waals surface area contributed by atoms with Gasteiger partial charge in [0.15, 0.2) is 12.6 Å². The van der Waals surface area contributed by atoms with Crippen LogP contribution >= 0.6 is 11.3 Å². The van der Waals surface area contributed by atoms with Gasteiger partial charge in [0.25, 0.3) is 11.5 Å². The molecule has 0 radical (unpaired) electrons. The Morgan fingerprint density at radius 2 is 1.64 bits per heavy atom. The Morgan fingerprint density at radius 1 is 0.986 bits per heavy atom. The van der Waals surface area contributed by atoms with Gasteiger partial charge in [-0.25, -0.2) is 4.98 Å². The first-order chi connectivity index (χ1) is 33.7.